The van der Waals surface area contributed by atoms with Gasteiger partial charge >= 0.3 is 0 Å². The summed E-state index contributed by atoms with van der Waals surface area (Å²) in [5.74, 6) is 0.554. The van der Waals surface area contributed by atoms with Gasteiger partial charge < -0.3 is 10.3 Å². The second-order valence-corrected chi connectivity index (χ2v) is 4.57. The molecule has 0 aliphatic carbocycles. The molecule has 1 heterocycles. The average Bonchev–Trinajstić information content (AvgIpc) is 2.81. The van der Waals surface area contributed by atoms with E-state index in [1.54, 1.807) is 19.1 Å². The Kier molecular flexibility index (Phi) is 5.03. The SMILES string of the molecule is Cc1ccc(-c2noc(C(C)C(C)N)n2)cc1F.Cl. The van der Waals surface area contributed by atoms with Crippen molar-refractivity contribution in [3.63, 3.8) is 0 Å². The first-order valence-corrected chi connectivity index (χ1v) is 5.84. The normalized spacial score (nSPS) is 13.7. The molecule has 0 aliphatic heterocycles. The van der Waals surface area contributed by atoms with Gasteiger partial charge in [0.2, 0.25) is 11.7 Å². The number of rotatable bonds is 3. The number of halogens is 2. The minimum absolute atomic E-state index is 0. The van der Waals surface area contributed by atoms with Crippen LogP contribution in [0.1, 0.15) is 31.2 Å². The third-order valence-corrected chi connectivity index (χ3v) is 3.05. The van der Waals surface area contributed by atoms with Gasteiger partial charge in [-0.25, -0.2) is 4.39 Å². The van der Waals surface area contributed by atoms with E-state index in [1.807, 2.05) is 13.8 Å². The van der Waals surface area contributed by atoms with Crippen molar-refractivity contribution < 1.29 is 8.91 Å². The smallest absolute Gasteiger partial charge is 0.231 e. The molecule has 1 aromatic heterocycles. The summed E-state index contributed by atoms with van der Waals surface area (Å²) in [6.07, 6.45) is 0. The first-order chi connectivity index (χ1) is 8.49. The van der Waals surface area contributed by atoms with Gasteiger partial charge in [-0.2, -0.15) is 4.98 Å². The van der Waals surface area contributed by atoms with E-state index in [0.717, 1.165) is 0 Å². The van der Waals surface area contributed by atoms with Crippen molar-refractivity contribution in [2.24, 2.45) is 5.73 Å². The van der Waals surface area contributed by atoms with Crippen LogP contribution in [0.3, 0.4) is 0 Å². The van der Waals surface area contributed by atoms with Gasteiger partial charge in [0.25, 0.3) is 0 Å². The summed E-state index contributed by atoms with van der Waals surface area (Å²) in [6, 6.07) is 4.79. The van der Waals surface area contributed by atoms with Crippen molar-refractivity contribution in [2.75, 3.05) is 0 Å². The monoisotopic (exact) mass is 285 g/mol. The van der Waals surface area contributed by atoms with E-state index < -0.39 is 0 Å². The molecule has 0 spiro atoms. The van der Waals surface area contributed by atoms with Gasteiger partial charge in [-0.1, -0.05) is 24.2 Å². The third-order valence-electron chi connectivity index (χ3n) is 3.05. The number of aromatic nitrogens is 2. The molecule has 4 nitrogen and oxygen atoms in total. The molecule has 6 heteroatoms. The zero-order chi connectivity index (χ0) is 13.3. The largest absolute Gasteiger partial charge is 0.339 e. The van der Waals surface area contributed by atoms with Gasteiger partial charge in [-0.05, 0) is 25.5 Å². The summed E-state index contributed by atoms with van der Waals surface area (Å²) < 4.78 is 18.6. The van der Waals surface area contributed by atoms with Crippen LogP contribution in [0.4, 0.5) is 4.39 Å². The number of hydrogen-bond donors (Lipinski definition) is 1. The van der Waals surface area contributed by atoms with Crippen LogP contribution in [0, 0.1) is 12.7 Å². The van der Waals surface area contributed by atoms with E-state index in [4.69, 9.17) is 10.3 Å². The highest BCUT2D eigenvalue weighted by Gasteiger charge is 2.18. The molecular weight excluding hydrogens is 269 g/mol. The van der Waals surface area contributed by atoms with Crippen LogP contribution in [0.25, 0.3) is 11.4 Å². The third kappa shape index (κ3) is 3.30. The Labute approximate surface area is 117 Å². The number of nitrogens with zero attached hydrogens (tertiary/aromatic N) is 2. The summed E-state index contributed by atoms with van der Waals surface area (Å²) in [4.78, 5) is 4.25. The van der Waals surface area contributed by atoms with E-state index in [9.17, 15) is 4.39 Å². The van der Waals surface area contributed by atoms with Crippen molar-refractivity contribution >= 4 is 12.4 Å². The molecule has 0 radical (unpaired) electrons. The lowest BCUT2D eigenvalue weighted by Crippen LogP contribution is -2.22. The summed E-state index contributed by atoms with van der Waals surface area (Å²) in [5.41, 5.74) is 6.96. The second kappa shape index (κ2) is 6.12. The molecule has 2 N–H and O–H groups in total. The number of aryl methyl sites for hydroxylation is 1. The lowest BCUT2D eigenvalue weighted by atomic mass is 10.1. The topological polar surface area (TPSA) is 64.9 Å². The molecular formula is C13H17ClFN3O. The van der Waals surface area contributed by atoms with Crippen LogP contribution >= 0.6 is 12.4 Å². The average molecular weight is 286 g/mol. The molecule has 1 aromatic carbocycles. The van der Waals surface area contributed by atoms with E-state index in [1.165, 1.54) is 6.07 Å². The Morgan fingerprint density at radius 3 is 2.58 bits per heavy atom. The maximum absolute atomic E-state index is 13.5. The Balaban J connectivity index is 0.00000180. The van der Waals surface area contributed by atoms with Crippen LogP contribution in [0.15, 0.2) is 22.7 Å². The van der Waals surface area contributed by atoms with E-state index in [0.29, 0.717) is 22.8 Å². The molecule has 0 amide bonds. The molecule has 0 fully saturated rings. The highest BCUT2D eigenvalue weighted by Crippen LogP contribution is 2.22. The summed E-state index contributed by atoms with van der Waals surface area (Å²) in [6.45, 7) is 5.50. The van der Waals surface area contributed by atoms with Gasteiger partial charge in [0.15, 0.2) is 0 Å². The van der Waals surface area contributed by atoms with Crippen molar-refractivity contribution in [2.45, 2.75) is 32.7 Å². The molecule has 2 unspecified atom stereocenters. The molecule has 2 rings (SSSR count). The molecule has 19 heavy (non-hydrogen) atoms. The highest BCUT2D eigenvalue weighted by molar-refractivity contribution is 5.85. The fourth-order valence-electron chi connectivity index (χ4n) is 1.49. The number of hydrogen-bond acceptors (Lipinski definition) is 4. The van der Waals surface area contributed by atoms with Gasteiger partial charge in [0, 0.05) is 11.6 Å². The zero-order valence-electron chi connectivity index (χ0n) is 11.1. The first kappa shape index (κ1) is 15.6. The molecule has 0 aliphatic rings. The quantitative estimate of drug-likeness (QED) is 0.941. The minimum atomic E-state index is -0.279. The van der Waals surface area contributed by atoms with E-state index >= 15 is 0 Å². The fourth-order valence-corrected chi connectivity index (χ4v) is 1.49. The van der Waals surface area contributed by atoms with Gasteiger partial charge in [-0.3, -0.25) is 0 Å². The van der Waals surface area contributed by atoms with Crippen LogP contribution in [-0.2, 0) is 0 Å². The summed E-state index contributed by atoms with van der Waals surface area (Å²) in [7, 11) is 0. The van der Waals surface area contributed by atoms with Crippen molar-refractivity contribution in [1.82, 2.24) is 10.1 Å². The van der Waals surface area contributed by atoms with Crippen LogP contribution in [-0.4, -0.2) is 16.2 Å². The summed E-state index contributed by atoms with van der Waals surface area (Å²) >= 11 is 0. The van der Waals surface area contributed by atoms with Crippen LogP contribution in [0.5, 0.6) is 0 Å². The van der Waals surface area contributed by atoms with Crippen LogP contribution in [0.2, 0.25) is 0 Å². The van der Waals surface area contributed by atoms with Gasteiger partial charge in [0.1, 0.15) is 5.82 Å². The Morgan fingerprint density at radius 2 is 2.00 bits per heavy atom. The molecule has 2 atom stereocenters. The molecule has 0 saturated carbocycles. The zero-order valence-corrected chi connectivity index (χ0v) is 11.9. The Hall–Kier alpha value is -1.46. The standard InChI is InChI=1S/C13H16FN3O.ClH/c1-7-4-5-10(6-11(7)14)12-16-13(18-17-12)8(2)9(3)15;/h4-6,8-9H,15H2,1-3H3;1H. The maximum atomic E-state index is 13.5. The van der Waals surface area contributed by atoms with Crippen LogP contribution < -0.4 is 5.73 Å². The number of nitrogens with two attached hydrogens (primary N) is 1. The Bertz CT molecular complexity index is 557. The van der Waals surface area contributed by atoms with Gasteiger partial charge in [0.05, 0.1) is 5.92 Å². The predicted octanol–water partition coefficient (Wildman–Crippen LogP) is 3.06. The van der Waals surface area contributed by atoms with Crippen molar-refractivity contribution in [1.29, 1.82) is 0 Å². The lowest BCUT2D eigenvalue weighted by molar-refractivity contribution is 0.346. The maximum Gasteiger partial charge on any atom is 0.231 e. The van der Waals surface area contributed by atoms with Gasteiger partial charge in [-0.15, -0.1) is 12.4 Å². The predicted molar refractivity (Wildman–Crippen MR) is 73.7 cm³/mol. The molecule has 2 aromatic rings. The fraction of sp³-hybridized carbons (Fsp3) is 0.385. The molecule has 0 bridgehead atoms. The molecule has 0 saturated heterocycles. The molecule has 104 valence electrons. The summed E-state index contributed by atoms with van der Waals surface area (Å²) in [5, 5.41) is 3.85. The lowest BCUT2D eigenvalue weighted by Gasteiger charge is -2.09. The number of benzene rings is 1. The van der Waals surface area contributed by atoms with Crippen molar-refractivity contribution in [3.05, 3.63) is 35.5 Å². The minimum Gasteiger partial charge on any atom is -0.339 e. The van der Waals surface area contributed by atoms with Crippen molar-refractivity contribution in [3.8, 4) is 11.4 Å². The van der Waals surface area contributed by atoms with E-state index in [2.05, 4.69) is 10.1 Å². The second-order valence-electron chi connectivity index (χ2n) is 4.57. The Morgan fingerprint density at radius 1 is 1.32 bits per heavy atom. The van der Waals surface area contributed by atoms with E-state index in [-0.39, 0.29) is 30.2 Å². The highest BCUT2D eigenvalue weighted by atomic mass is 35.5. The first-order valence-electron chi connectivity index (χ1n) is 5.84.